The average molecular weight is 608 g/mol. The van der Waals surface area contributed by atoms with Gasteiger partial charge in [0, 0.05) is 51.0 Å². The Morgan fingerprint density at radius 3 is 2.55 bits per heavy atom. The Hall–Kier alpha value is -3.41. The fraction of sp³-hybridized carbons (Fsp3) is 0.606. The summed E-state index contributed by atoms with van der Waals surface area (Å²) in [4.78, 5) is 31.1. The van der Waals surface area contributed by atoms with E-state index in [9.17, 15) is 4.79 Å². The molecule has 3 aromatic rings. The number of rotatable bonds is 16. The summed E-state index contributed by atoms with van der Waals surface area (Å²) in [5, 5.41) is 9.08. The van der Waals surface area contributed by atoms with Gasteiger partial charge in [-0.3, -0.25) is 4.90 Å². The molecule has 0 unspecified atom stereocenters. The number of imidazole rings is 2. The first-order valence-electron chi connectivity index (χ1n) is 16.0. The summed E-state index contributed by atoms with van der Waals surface area (Å²) in [5.74, 6) is 2.52. The molecule has 2 saturated heterocycles. The smallest absolute Gasteiger partial charge is 0.341 e. The number of aromatic nitrogens is 4. The molecule has 2 aromatic heterocycles. The molecular formula is C33H49N7O4. The second kappa shape index (κ2) is 15.0. The summed E-state index contributed by atoms with van der Waals surface area (Å²) >= 11 is 0. The van der Waals surface area contributed by atoms with Crippen LogP contribution < -0.4 is 9.47 Å². The van der Waals surface area contributed by atoms with Gasteiger partial charge in [-0.05, 0) is 80.9 Å². The fourth-order valence-corrected chi connectivity index (χ4v) is 6.81. The van der Waals surface area contributed by atoms with Crippen molar-refractivity contribution in [2.75, 3.05) is 53.0 Å². The third kappa shape index (κ3) is 8.83. The average Bonchev–Trinajstić information content (AvgIpc) is 3.76. The van der Waals surface area contributed by atoms with E-state index in [1.807, 2.05) is 30.6 Å². The van der Waals surface area contributed by atoms with Crippen LogP contribution in [0.4, 0.5) is 0 Å². The topological polar surface area (TPSA) is 112 Å². The van der Waals surface area contributed by atoms with Gasteiger partial charge in [-0.15, -0.1) is 0 Å². The second-order valence-corrected chi connectivity index (χ2v) is 13.0. The Morgan fingerprint density at radius 1 is 1.05 bits per heavy atom. The standard InChI is InChI=1S/C33H49N7O4/c1-26(2)20-37-15-7-33(8-16-37)9-17-38(25-33)13-4-14-40-18-12-36-31(40)23-39(22-30-34-10-11-35-30)21-27-5-6-28(43-3)29(19-27)44-24-32(41)42/h5-6,10-12,18-19,26H,4,7-9,13-17,20-25H2,1-3H3,(H,34,35)(H,41,42). The number of nitrogens with zero attached hydrogens (tertiary/aromatic N) is 6. The molecule has 2 aliphatic rings. The first-order chi connectivity index (χ1) is 21.3. The van der Waals surface area contributed by atoms with E-state index < -0.39 is 12.6 Å². The van der Waals surface area contributed by atoms with Gasteiger partial charge in [-0.25, -0.2) is 14.8 Å². The number of methoxy groups -OCH3 is 1. The summed E-state index contributed by atoms with van der Waals surface area (Å²) in [6.07, 6.45) is 12.7. The molecule has 2 fully saturated rings. The van der Waals surface area contributed by atoms with Crippen molar-refractivity contribution in [1.29, 1.82) is 0 Å². The van der Waals surface area contributed by atoms with Crippen molar-refractivity contribution >= 4 is 5.97 Å². The maximum Gasteiger partial charge on any atom is 0.341 e. The van der Waals surface area contributed by atoms with E-state index in [0.717, 1.165) is 42.6 Å². The van der Waals surface area contributed by atoms with Gasteiger partial charge in [0.15, 0.2) is 18.1 Å². The highest BCUT2D eigenvalue weighted by atomic mass is 16.5. The summed E-state index contributed by atoms with van der Waals surface area (Å²) in [5.41, 5.74) is 1.51. The van der Waals surface area contributed by atoms with Crippen LogP contribution >= 0.6 is 0 Å². The zero-order valence-corrected chi connectivity index (χ0v) is 26.6. The molecule has 0 atom stereocenters. The first-order valence-corrected chi connectivity index (χ1v) is 16.0. The van der Waals surface area contributed by atoms with Gasteiger partial charge in [0.25, 0.3) is 0 Å². The molecule has 0 amide bonds. The third-order valence-corrected chi connectivity index (χ3v) is 9.01. The Labute approximate surface area is 261 Å². The number of aliphatic carboxylic acids is 1. The molecular weight excluding hydrogens is 558 g/mol. The fourth-order valence-electron chi connectivity index (χ4n) is 6.81. The number of H-pyrrole nitrogens is 1. The van der Waals surface area contributed by atoms with Crippen molar-refractivity contribution in [3.63, 3.8) is 0 Å². The van der Waals surface area contributed by atoms with Gasteiger partial charge in [-0.1, -0.05) is 19.9 Å². The molecule has 0 bridgehead atoms. The number of aromatic amines is 1. The minimum atomic E-state index is -1.03. The third-order valence-electron chi connectivity index (χ3n) is 9.01. The van der Waals surface area contributed by atoms with Gasteiger partial charge >= 0.3 is 5.97 Å². The van der Waals surface area contributed by atoms with Crippen molar-refractivity contribution in [2.24, 2.45) is 11.3 Å². The molecule has 240 valence electrons. The number of hydrogen-bond acceptors (Lipinski definition) is 8. The van der Waals surface area contributed by atoms with Gasteiger partial charge in [0.05, 0.1) is 20.2 Å². The highest BCUT2D eigenvalue weighted by Gasteiger charge is 2.40. The van der Waals surface area contributed by atoms with Crippen LogP contribution in [0.2, 0.25) is 0 Å². The lowest BCUT2D eigenvalue weighted by molar-refractivity contribution is -0.139. The molecule has 4 heterocycles. The van der Waals surface area contributed by atoms with E-state index in [-0.39, 0.29) is 0 Å². The molecule has 1 spiro atoms. The summed E-state index contributed by atoms with van der Waals surface area (Å²) in [6.45, 7) is 14.3. The molecule has 44 heavy (non-hydrogen) atoms. The predicted octanol–water partition coefficient (Wildman–Crippen LogP) is 4.11. The van der Waals surface area contributed by atoms with Crippen LogP contribution in [0.1, 0.15) is 56.7 Å². The number of carboxylic acid groups (broad SMARTS) is 1. The SMILES string of the molecule is COc1ccc(CN(Cc2ncc[nH]2)Cc2nccn2CCCN2CCC3(CCN(CC(C)C)CC3)C2)cc1OCC(=O)O. The van der Waals surface area contributed by atoms with Crippen LogP contribution in [0.5, 0.6) is 11.5 Å². The van der Waals surface area contributed by atoms with E-state index in [2.05, 4.69) is 49.3 Å². The number of carbonyl (C=O) groups is 1. The molecule has 0 saturated carbocycles. The van der Waals surface area contributed by atoms with Crippen LogP contribution in [-0.2, 0) is 31.0 Å². The van der Waals surface area contributed by atoms with Crippen molar-refractivity contribution < 1.29 is 19.4 Å². The number of carboxylic acids is 1. The molecule has 11 heteroatoms. The monoisotopic (exact) mass is 607 g/mol. The molecule has 2 N–H and O–H groups in total. The number of piperidine rings is 1. The van der Waals surface area contributed by atoms with Crippen molar-refractivity contribution in [2.45, 2.75) is 65.7 Å². The second-order valence-electron chi connectivity index (χ2n) is 13.0. The quantitative estimate of drug-likeness (QED) is 0.248. The van der Waals surface area contributed by atoms with E-state index in [1.54, 1.807) is 13.3 Å². The highest BCUT2D eigenvalue weighted by Crippen LogP contribution is 2.40. The van der Waals surface area contributed by atoms with Crippen LogP contribution in [-0.4, -0.2) is 98.3 Å². The highest BCUT2D eigenvalue weighted by molar-refractivity contribution is 5.68. The zero-order valence-electron chi connectivity index (χ0n) is 26.6. The molecule has 1 aromatic carbocycles. The lowest BCUT2D eigenvalue weighted by Crippen LogP contribution is -2.42. The zero-order chi connectivity index (χ0) is 30.9. The van der Waals surface area contributed by atoms with Crippen molar-refractivity contribution in [3.05, 3.63) is 60.2 Å². The molecule has 0 aliphatic carbocycles. The van der Waals surface area contributed by atoms with Crippen molar-refractivity contribution in [1.82, 2.24) is 34.2 Å². The van der Waals surface area contributed by atoms with Gasteiger partial charge < -0.3 is 33.9 Å². The van der Waals surface area contributed by atoms with Gasteiger partial charge in [0.2, 0.25) is 0 Å². The summed E-state index contributed by atoms with van der Waals surface area (Å²) in [7, 11) is 1.55. The number of likely N-dealkylation sites (tertiary alicyclic amines) is 2. The Kier molecular flexibility index (Phi) is 10.9. The van der Waals surface area contributed by atoms with Crippen LogP contribution in [0.25, 0.3) is 0 Å². The number of aryl methyl sites for hydroxylation is 1. The number of ether oxygens (including phenoxy) is 2. The number of benzene rings is 1. The normalized spacial score (nSPS) is 17.2. The summed E-state index contributed by atoms with van der Waals surface area (Å²) in [6, 6.07) is 5.64. The number of nitrogens with one attached hydrogen (secondary N) is 1. The lowest BCUT2D eigenvalue weighted by Gasteiger charge is -2.40. The molecule has 11 nitrogen and oxygen atoms in total. The van der Waals surface area contributed by atoms with Gasteiger partial charge in [-0.2, -0.15) is 0 Å². The largest absolute Gasteiger partial charge is 0.493 e. The van der Waals surface area contributed by atoms with E-state index in [1.165, 1.54) is 52.0 Å². The van der Waals surface area contributed by atoms with Crippen LogP contribution in [0.15, 0.2) is 43.0 Å². The number of hydrogen-bond donors (Lipinski definition) is 2. The Balaban J connectivity index is 1.17. The maximum absolute atomic E-state index is 11.1. The Bertz CT molecular complexity index is 1320. The van der Waals surface area contributed by atoms with E-state index >= 15 is 0 Å². The first kappa shape index (κ1) is 32.0. The van der Waals surface area contributed by atoms with E-state index in [0.29, 0.717) is 36.5 Å². The molecule has 0 radical (unpaired) electrons. The Morgan fingerprint density at radius 2 is 1.84 bits per heavy atom. The summed E-state index contributed by atoms with van der Waals surface area (Å²) < 4.78 is 13.2. The van der Waals surface area contributed by atoms with Gasteiger partial charge in [0.1, 0.15) is 11.6 Å². The van der Waals surface area contributed by atoms with Crippen LogP contribution in [0, 0.1) is 11.3 Å². The molecule has 2 aliphatic heterocycles. The van der Waals surface area contributed by atoms with E-state index in [4.69, 9.17) is 19.6 Å². The molecule has 5 rings (SSSR count). The predicted molar refractivity (Wildman–Crippen MR) is 169 cm³/mol. The maximum atomic E-state index is 11.1. The minimum Gasteiger partial charge on any atom is -0.493 e. The minimum absolute atomic E-state index is 0.414. The van der Waals surface area contributed by atoms with Crippen LogP contribution in [0.3, 0.4) is 0 Å². The van der Waals surface area contributed by atoms with Crippen molar-refractivity contribution in [3.8, 4) is 11.5 Å². The lowest BCUT2D eigenvalue weighted by atomic mass is 9.77.